The molecule has 0 heterocycles. The molecule has 0 aliphatic carbocycles. The van der Waals surface area contributed by atoms with Gasteiger partial charge in [0.2, 0.25) is 0 Å². The summed E-state index contributed by atoms with van der Waals surface area (Å²) in [6.45, 7) is 1.08. The predicted molar refractivity (Wildman–Crippen MR) is 86.4 cm³/mol. The topological polar surface area (TPSA) is 185 Å². The number of rotatable bonds is 16. The molecule has 0 fully saturated rings. The second-order valence-corrected chi connectivity index (χ2v) is 5.80. The molecule has 3 N–H and O–H groups in total. The number of hydrogen-bond acceptors (Lipinski definition) is 10. The Morgan fingerprint density at radius 1 is 0.562 bits per heavy atom. The second kappa shape index (κ2) is 27.9. The van der Waals surface area contributed by atoms with Gasteiger partial charge in [0.25, 0.3) is 0 Å². The average molecular weight is 504 g/mol. The standard InChI is InChI=1S/C15H25N3O9.5Na/c1-11(19)6-17(8-13(22)23)4-2-16(7-12(20)21)3-5-18(9-14(24)25)10-15(26)27;;;;;/h19H,1-10H2,(H,20,21)(H,22,23)(H,24,25)(H,26,27);;;;;/q;5*+1/p-2. The Bertz CT molecular complexity index is 501. The molecule has 0 saturated carbocycles. The van der Waals surface area contributed by atoms with E-state index in [-0.39, 0.29) is 186 Å². The van der Waals surface area contributed by atoms with Crippen LogP contribution in [0.2, 0.25) is 0 Å². The number of hydrogen-bond donors (Lipinski definition) is 3. The Kier molecular flexibility index (Phi) is 41.4. The fourth-order valence-corrected chi connectivity index (χ4v) is 2.27. The number of aliphatic carboxylic acids is 4. The van der Waals surface area contributed by atoms with E-state index in [0.717, 1.165) is 4.90 Å². The molecule has 0 aliphatic rings. The summed E-state index contributed by atoms with van der Waals surface area (Å²) in [4.78, 5) is 46.9. The molecule has 0 rings (SSSR count). The number of carbonyl (C=O) groups is 4. The van der Waals surface area contributed by atoms with Crippen LogP contribution in [-0.4, -0.2) is 113 Å². The molecule has 12 nitrogen and oxygen atoms in total. The van der Waals surface area contributed by atoms with Crippen LogP contribution in [0.3, 0.4) is 0 Å². The van der Waals surface area contributed by atoms with Crippen molar-refractivity contribution in [3.63, 3.8) is 0 Å². The minimum absolute atomic E-state index is 0. The Hall–Kier alpha value is 2.30. The average Bonchev–Trinajstić information content (AvgIpc) is 2.46. The van der Waals surface area contributed by atoms with E-state index < -0.39 is 50.1 Å². The number of carbonyl (C=O) groups excluding carboxylic acids is 2. The fraction of sp³-hybridized carbons (Fsp3) is 0.600. The van der Waals surface area contributed by atoms with Gasteiger partial charge in [0.05, 0.1) is 37.3 Å². The molecule has 154 valence electrons. The van der Waals surface area contributed by atoms with E-state index in [0.29, 0.717) is 0 Å². The van der Waals surface area contributed by atoms with Crippen molar-refractivity contribution in [2.24, 2.45) is 0 Å². The first-order valence-corrected chi connectivity index (χ1v) is 7.86. The zero-order chi connectivity index (χ0) is 21.0. The van der Waals surface area contributed by atoms with E-state index >= 15 is 0 Å². The van der Waals surface area contributed by atoms with Gasteiger partial charge in [-0.15, -0.1) is 0 Å². The van der Waals surface area contributed by atoms with Crippen LogP contribution in [0.1, 0.15) is 0 Å². The summed E-state index contributed by atoms with van der Waals surface area (Å²) in [5, 5.41) is 48.4. The summed E-state index contributed by atoms with van der Waals surface area (Å²) < 4.78 is 0. The summed E-state index contributed by atoms with van der Waals surface area (Å²) in [5.41, 5.74) is 0. The largest absolute Gasteiger partial charge is 1.00 e. The molecule has 0 atom stereocenters. The van der Waals surface area contributed by atoms with Gasteiger partial charge in [-0.05, 0) is 0 Å². The maximum atomic E-state index is 11.0. The van der Waals surface area contributed by atoms with Crippen molar-refractivity contribution in [1.82, 2.24) is 14.7 Å². The maximum absolute atomic E-state index is 11.0. The van der Waals surface area contributed by atoms with Gasteiger partial charge in [-0.2, -0.15) is 0 Å². The quantitative estimate of drug-likeness (QED) is 0.133. The van der Waals surface area contributed by atoms with Crippen LogP contribution >= 0.6 is 0 Å². The van der Waals surface area contributed by atoms with Crippen LogP contribution in [0, 0.1) is 0 Å². The van der Waals surface area contributed by atoms with Crippen molar-refractivity contribution in [2.45, 2.75) is 0 Å². The third-order valence-corrected chi connectivity index (χ3v) is 3.29. The van der Waals surface area contributed by atoms with E-state index in [9.17, 15) is 34.5 Å². The molecule has 0 saturated heterocycles. The van der Waals surface area contributed by atoms with E-state index in [4.69, 9.17) is 10.2 Å². The van der Waals surface area contributed by atoms with E-state index in [1.165, 1.54) is 9.80 Å². The first kappa shape index (κ1) is 47.5. The van der Waals surface area contributed by atoms with Crippen molar-refractivity contribution in [2.75, 3.05) is 58.9 Å². The van der Waals surface area contributed by atoms with E-state index in [2.05, 4.69) is 6.58 Å². The first-order valence-electron chi connectivity index (χ1n) is 7.86. The third kappa shape index (κ3) is 30.3. The van der Waals surface area contributed by atoms with Crippen LogP contribution < -0.4 is 158 Å². The van der Waals surface area contributed by atoms with Crippen LogP contribution in [0.4, 0.5) is 0 Å². The SMILES string of the molecule is C=C(O)CN(CCN(CCN(CC(=O)[O-])CC(=O)O)CC(=O)O)CC(=O)[O-].[Na+].[Na+].[Na+].[Na+].[Na+]. The predicted octanol–water partition coefficient (Wildman–Crippen LogP) is -19.3. The molecule has 0 spiro atoms. The second-order valence-electron chi connectivity index (χ2n) is 5.80. The Labute approximate surface area is 297 Å². The molecule has 0 bridgehead atoms. The van der Waals surface area contributed by atoms with Gasteiger partial charge in [-0.25, -0.2) is 0 Å². The number of aliphatic hydroxyl groups is 1. The Morgan fingerprint density at radius 3 is 1.12 bits per heavy atom. The van der Waals surface area contributed by atoms with Crippen molar-refractivity contribution >= 4 is 23.9 Å². The molecule has 0 aromatic carbocycles. The molecular formula is C15H23N3Na5O9+3. The van der Waals surface area contributed by atoms with Crippen LogP contribution in [0.25, 0.3) is 0 Å². The normalized spacial score (nSPS) is 9.34. The Morgan fingerprint density at radius 2 is 0.844 bits per heavy atom. The molecule has 0 radical (unpaired) electrons. The van der Waals surface area contributed by atoms with Crippen LogP contribution in [0.15, 0.2) is 12.3 Å². The van der Waals surface area contributed by atoms with Gasteiger partial charge in [0, 0.05) is 39.3 Å². The molecule has 0 aromatic rings. The zero-order valence-electron chi connectivity index (χ0n) is 19.7. The Balaban J connectivity index is -0.000000338. The molecule has 0 aliphatic heterocycles. The minimum atomic E-state index is -1.47. The molecular weight excluding hydrogens is 481 g/mol. The van der Waals surface area contributed by atoms with Gasteiger partial charge in [0.1, 0.15) is 0 Å². The summed E-state index contributed by atoms with van der Waals surface area (Å²) >= 11 is 0. The van der Waals surface area contributed by atoms with Gasteiger partial charge < -0.3 is 35.1 Å². The van der Waals surface area contributed by atoms with Crippen LogP contribution in [-0.2, 0) is 19.2 Å². The number of nitrogens with zero attached hydrogens (tertiary/aromatic N) is 3. The van der Waals surface area contributed by atoms with E-state index in [1.54, 1.807) is 0 Å². The molecule has 0 aromatic heterocycles. The third-order valence-electron chi connectivity index (χ3n) is 3.29. The van der Waals surface area contributed by atoms with Gasteiger partial charge >= 0.3 is 160 Å². The van der Waals surface area contributed by atoms with Gasteiger partial charge in [0.15, 0.2) is 0 Å². The van der Waals surface area contributed by atoms with Crippen molar-refractivity contribution < 1.29 is 192 Å². The monoisotopic (exact) mass is 504 g/mol. The fourth-order valence-electron chi connectivity index (χ4n) is 2.27. The summed E-state index contributed by atoms with van der Waals surface area (Å²) in [6, 6.07) is 0. The smallest absolute Gasteiger partial charge is 0.549 e. The first-order chi connectivity index (χ1) is 12.5. The van der Waals surface area contributed by atoms with Crippen molar-refractivity contribution in [1.29, 1.82) is 0 Å². The van der Waals surface area contributed by atoms with Gasteiger partial charge in [-0.3, -0.25) is 24.3 Å². The minimum Gasteiger partial charge on any atom is -0.549 e. The van der Waals surface area contributed by atoms with Crippen molar-refractivity contribution in [3.05, 3.63) is 12.3 Å². The summed E-state index contributed by atoms with van der Waals surface area (Å²) in [5.74, 6) is -5.55. The molecule has 17 heteroatoms. The van der Waals surface area contributed by atoms with Crippen LogP contribution in [0.5, 0.6) is 0 Å². The van der Waals surface area contributed by atoms with E-state index in [1.807, 2.05) is 0 Å². The summed E-state index contributed by atoms with van der Waals surface area (Å²) in [7, 11) is 0. The molecule has 32 heavy (non-hydrogen) atoms. The number of carboxylic acids is 4. The maximum Gasteiger partial charge on any atom is 1.00 e. The zero-order valence-corrected chi connectivity index (χ0v) is 29.7. The number of aliphatic hydroxyl groups excluding tert-OH is 1. The summed E-state index contributed by atoms with van der Waals surface area (Å²) in [6.07, 6.45) is 0. The van der Waals surface area contributed by atoms with Crippen molar-refractivity contribution in [3.8, 4) is 0 Å². The molecule has 0 unspecified atom stereocenters. The number of carboxylic acid groups (broad SMARTS) is 4. The molecule has 0 amide bonds. The van der Waals surface area contributed by atoms with Gasteiger partial charge in [-0.1, -0.05) is 6.58 Å².